The number of nitrogens with one attached hydrogen (secondary N) is 1. The van der Waals surface area contributed by atoms with Crippen LogP contribution in [0.25, 0.3) is 0 Å². The summed E-state index contributed by atoms with van der Waals surface area (Å²) in [5, 5.41) is 3.58. The summed E-state index contributed by atoms with van der Waals surface area (Å²) in [5.74, 6) is 0.839. The summed E-state index contributed by atoms with van der Waals surface area (Å²) in [7, 11) is 2.27. The third-order valence-corrected chi connectivity index (χ3v) is 5.47. The molecular formula is C16H33N3. The van der Waals surface area contributed by atoms with Crippen LogP contribution in [0.4, 0.5) is 0 Å². The molecule has 0 aromatic heterocycles. The van der Waals surface area contributed by atoms with Gasteiger partial charge in [0.1, 0.15) is 0 Å². The molecule has 0 aromatic carbocycles. The molecule has 0 aromatic rings. The SMILES string of the molecule is CC1CN(CC(C)(C)C2CCCNC2)CC(C)N1C. The van der Waals surface area contributed by atoms with Gasteiger partial charge in [-0.2, -0.15) is 0 Å². The van der Waals surface area contributed by atoms with E-state index < -0.39 is 0 Å². The summed E-state index contributed by atoms with van der Waals surface area (Å²) in [5.41, 5.74) is 0.433. The molecule has 19 heavy (non-hydrogen) atoms. The highest BCUT2D eigenvalue weighted by Gasteiger charge is 2.35. The van der Waals surface area contributed by atoms with Crippen molar-refractivity contribution in [3.63, 3.8) is 0 Å². The minimum atomic E-state index is 0.433. The molecule has 2 fully saturated rings. The molecule has 1 N–H and O–H groups in total. The number of hydrogen-bond acceptors (Lipinski definition) is 3. The molecule has 0 radical (unpaired) electrons. The number of hydrogen-bond donors (Lipinski definition) is 1. The van der Waals surface area contributed by atoms with Crippen LogP contribution in [0.1, 0.15) is 40.5 Å². The lowest BCUT2D eigenvalue weighted by Gasteiger charge is -2.47. The molecule has 2 heterocycles. The van der Waals surface area contributed by atoms with E-state index in [2.05, 4.69) is 49.9 Å². The molecule has 112 valence electrons. The molecule has 0 bridgehead atoms. The summed E-state index contributed by atoms with van der Waals surface area (Å²) in [6, 6.07) is 1.37. The van der Waals surface area contributed by atoms with Gasteiger partial charge in [0.15, 0.2) is 0 Å². The van der Waals surface area contributed by atoms with Gasteiger partial charge < -0.3 is 5.32 Å². The molecule has 2 aliphatic rings. The van der Waals surface area contributed by atoms with Crippen molar-refractivity contribution in [2.75, 3.05) is 39.8 Å². The second-order valence-corrected chi connectivity index (χ2v) is 7.59. The van der Waals surface area contributed by atoms with Crippen molar-refractivity contribution < 1.29 is 0 Å². The van der Waals surface area contributed by atoms with E-state index in [4.69, 9.17) is 0 Å². The van der Waals surface area contributed by atoms with Crippen molar-refractivity contribution in [2.45, 2.75) is 52.6 Å². The first-order valence-electron chi connectivity index (χ1n) is 8.05. The Morgan fingerprint density at radius 1 is 1.16 bits per heavy atom. The molecule has 3 atom stereocenters. The Morgan fingerprint density at radius 2 is 1.79 bits per heavy atom. The van der Waals surface area contributed by atoms with E-state index in [-0.39, 0.29) is 0 Å². The van der Waals surface area contributed by atoms with Crippen molar-refractivity contribution in [3.8, 4) is 0 Å². The summed E-state index contributed by atoms with van der Waals surface area (Å²) in [6.07, 6.45) is 2.75. The van der Waals surface area contributed by atoms with Crippen LogP contribution in [0.2, 0.25) is 0 Å². The molecular weight excluding hydrogens is 234 g/mol. The lowest BCUT2D eigenvalue weighted by atomic mass is 9.74. The maximum absolute atomic E-state index is 3.58. The van der Waals surface area contributed by atoms with Crippen LogP contribution in [0.15, 0.2) is 0 Å². The number of piperidine rings is 1. The fraction of sp³-hybridized carbons (Fsp3) is 1.00. The summed E-state index contributed by atoms with van der Waals surface area (Å²) in [4.78, 5) is 5.22. The van der Waals surface area contributed by atoms with Crippen LogP contribution in [-0.4, -0.2) is 61.7 Å². The van der Waals surface area contributed by atoms with Gasteiger partial charge in [0.05, 0.1) is 0 Å². The third kappa shape index (κ3) is 3.71. The third-order valence-electron chi connectivity index (χ3n) is 5.47. The van der Waals surface area contributed by atoms with Crippen LogP contribution in [-0.2, 0) is 0 Å². The van der Waals surface area contributed by atoms with Gasteiger partial charge in [-0.05, 0) is 58.2 Å². The van der Waals surface area contributed by atoms with Crippen LogP contribution >= 0.6 is 0 Å². The number of piperazine rings is 1. The molecule has 3 nitrogen and oxygen atoms in total. The largest absolute Gasteiger partial charge is 0.316 e. The van der Waals surface area contributed by atoms with Gasteiger partial charge in [-0.3, -0.25) is 9.80 Å². The van der Waals surface area contributed by atoms with E-state index in [1.54, 1.807) is 0 Å². The van der Waals surface area contributed by atoms with E-state index in [0.29, 0.717) is 17.5 Å². The minimum Gasteiger partial charge on any atom is -0.316 e. The lowest BCUT2D eigenvalue weighted by Crippen LogP contribution is -2.57. The number of nitrogens with zero attached hydrogens (tertiary/aromatic N) is 2. The first-order valence-corrected chi connectivity index (χ1v) is 8.05. The highest BCUT2D eigenvalue weighted by Crippen LogP contribution is 2.33. The van der Waals surface area contributed by atoms with Gasteiger partial charge in [-0.25, -0.2) is 0 Å². The highest BCUT2D eigenvalue weighted by molar-refractivity contribution is 4.89. The Bertz CT molecular complexity index is 272. The molecule has 0 spiro atoms. The predicted molar refractivity (Wildman–Crippen MR) is 82.5 cm³/mol. The molecule has 2 rings (SSSR count). The average Bonchev–Trinajstić information content (AvgIpc) is 2.36. The second kappa shape index (κ2) is 6.11. The van der Waals surface area contributed by atoms with Crippen molar-refractivity contribution >= 4 is 0 Å². The molecule has 2 saturated heterocycles. The second-order valence-electron chi connectivity index (χ2n) is 7.59. The Balaban J connectivity index is 1.92. The number of rotatable bonds is 3. The molecule has 0 amide bonds. The van der Waals surface area contributed by atoms with E-state index in [0.717, 1.165) is 5.92 Å². The highest BCUT2D eigenvalue weighted by atomic mass is 15.3. The first kappa shape index (κ1) is 15.3. The zero-order valence-corrected chi connectivity index (χ0v) is 13.6. The molecule has 0 saturated carbocycles. The van der Waals surface area contributed by atoms with Crippen molar-refractivity contribution in [1.29, 1.82) is 0 Å². The molecule has 3 unspecified atom stereocenters. The zero-order valence-electron chi connectivity index (χ0n) is 13.6. The molecule has 2 aliphatic heterocycles. The zero-order chi connectivity index (χ0) is 14.0. The van der Waals surface area contributed by atoms with Crippen LogP contribution in [0.3, 0.4) is 0 Å². The quantitative estimate of drug-likeness (QED) is 0.844. The monoisotopic (exact) mass is 267 g/mol. The summed E-state index contributed by atoms with van der Waals surface area (Å²) < 4.78 is 0. The summed E-state index contributed by atoms with van der Waals surface area (Å²) in [6.45, 7) is 15.8. The van der Waals surface area contributed by atoms with Crippen molar-refractivity contribution in [3.05, 3.63) is 0 Å². The molecule has 0 aliphatic carbocycles. The Kier molecular flexibility index (Phi) is 4.91. The van der Waals surface area contributed by atoms with Crippen molar-refractivity contribution in [1.82, 2.24) is 15.1 Å². The van der Waals surface area contributed by atoms with Gasteiger partial charge in [0.2, 0.25) is 0 Å². The fourth-order valence-electron chi connectivity index (χ4n) is 3.87. The van der Waals surface area contributed by atoms with Gasteiger partial charge in [-0.15, -0.1) is 0 Å². The predicted octanol–water partition coefficient (Wildman–Crippen LogP) is 2.04. The summed E-state index contributed by atoms with van der Waals surface area (Å²) >= 11 is 0. The smallest absolute Gasteiger partial charge is 0.0195 e. The first-order chi connectivity index (χ1) is 8.90. The van der Waals surface area contributed by atoms with Crippen LogP contribution in [0.5, 0.6) is 0 Å². The normalized spacial score (nSPS) is 35.5. The minimum absolute atomic E-state index is 0.433. The molecule has 3 heteroatoms. The van der Waals surface area contributed by atoms with Gasteiger partial charge in [-0.1, -0.05) is 13.8 Å². The lowest BCUT2D eigenvalue weighted by molar-refractivity contribution is 0.0202. The van der Waals surface area contributed by atoms with Crippen LogP contribution < -0.4 is 5.32 Å². The topological polar surface area (TPSA) is 18.5 Å². The standard InChI is InChI=1S/C16H33N3/c1-13-10-19(11-14(2)18(13)5)12-16(3,4)15-7-6-8-17-9-15/h13-15,17H,6-12H2,1-5H3. The van der Waals surface area contributed by atoms with Gasteiger partial charge >= 0.3 is 0 Å². The van der Waals surface area contributed by atoms with Gasteiger partial charge in [0, 0.05) is 31.7 Å². The maximum atomic E-state index is 3.58. The Labute approximate surface area is 119 Å². The Morgan fingerprint density at radius 3 is 2.32 bits per heavy atom. The van der Waals surface area contributed by atoms with Gasteiger partial charge in [0.25, 0.3) is 0 Å². The van der Waals surface area contributed by atoms with E-state index >= 15 is 0 Å². The number of likely N-dealkylation sites (N-methyl/N-ethyl adjacent to an activating group) is 1. The van der Waals surface area contributed by atoms with Crippen LogP contribution in [0, 0.1) is 11.3 Å². The fourth-order valence-corrected chi connectivity index (χ4v) is 3.87. The average molecular weight is 267 g/mol. The van der Waals surface area contributed by atoms with E-state index in [1.807, 2.05) is 0 Å². The maximum Gasteiger partial charge on any atom is 0.0195 e. The van der Waals surface area contributed by atoms with E-state index in [1.165, 1.54) is 45.6 Å². The Hall–Kier alpha value is -0.120. The van der Waals surface area contributed by atoms with Crippen molar-refractivity contribution in [2.24, 2.45) is 11.3 Å². The van der Waals surface area contributed by atoms with E-state index in [9.17, 15) is 0 Å².